The number of carbonyl (C=O) groups is 3. The van der Waals surface area contributed by atoms with Gasteiger partial charge >= 0.3 is 5.97 Å². The van der Waals surface area contributed by atoms with Crippen LogP contribution in [0, 0.1) is 5.92 Å². The lowest BCUT2D eigenvalue weighted by atomic mass is 9.99. The summed E-state index contributed by atoms with van der Waals surface area (Å²) in [6, 6.07) is 0. The summed E-state index contributed by atoms with van der Waals surface area (Å²) in [6.45, 7) is 3.80. The van der Waals surface area contributed by atoms with Gasteiger partial charge in [-0.05, 0) is 0 Å². The number of aromatic nitrogens is 1. The van der Waals surface area contributed by atoms with Crippen LogP contribution in [-0.2, 0) is 25.5 Å². The summed E-state index contributed by atoms with van der Waals surface area (Å²) in [6.07, 6.45) is 0.184. The van der Waals surface area contributed by atoms with Gasteiger partial charge in [-0.25, -0.2) is 9.78 Å². The molecule has 1 aliphatic rings. The SMILES string of the molecule is CC(C)C(=O)Nc1nc(CC(=O)NC2(C(=O)O)CCOC2)cs1. The highest BCUT2D eigenvalue weighted by atomic mass is 32.1. The minimum absolute atomic E-state index is 0.0408. The van der Waals surface area contributed by atoms with Crippen molar-refractivity contribution >= 4 is 34.3 Å². The smallest absolute Gasteiger partial charge is 0.331 e. The van der Waals surface area contributed by atoms with Gasteiger partial charge in [-0.3, -0.25) is 9.59 Å². The zero-order valence-corrected chi connectivity index (χ0v) is 13.7. The van der Waals surface area contributed by atoms with E-state index in [0.717, 1.165) is 0 Å². The normalized spacial score (nSPS) is 20.5. The molecule has 23 heavy (non-hydrogen) atoms. The van der Waals surface area contributed by atoms with Gasteiger partial charge < -0.3 is 20.5 Å². The van der Waals surface area contributed by atoms with Crippen LogP contribution in [0.15, 0.2) is 5.38 Å². The third-order valence-corrected chi connectivity index (χ3v) is 4.26. The van der Waals surface area contributed by atoms with Crippen LogP contribution in [0.5, 0.6) is 0 Å². The van der Waals surface area contributed by atoms with Gasteiger partial charge in [-0.2, -0.15) is 0 Å². The fourth-order valence-electron chi connectivity index (χ4n) is 2.06. The quantitative estimate of drug-likeness (QED) is 0.699. The molecule has 126 valence electrons. The highest BCUT2D eigenvalue weighted by Gasteiger charge is 2.43. The van der Waals surface area contributed by atoms with Crippen molar-refractivity contribution in [3.05, 3.63) is 11.1 Å². The standard InChI is InChI=1S/C14H19N3O5S/c1-8(2)11(19)16-13-15-9(6-23-13)5-10(18)17-14(12(20)21)3-4-22-7-14/h6,8H,3-5,7H2,1-2H3,(H,17,18)(H,20,21)(H,15,16,19). The van der Waals surface area contributed by atoms with Crippen LogP contribution in [0.3, 0.4) is 0 Å². The van der Waals surface area contributed by atoms with Gasteiger partial charge in [-0.1, -0.05) is 13.8 Å². The maximum absolute atomic E-state index is 12.1. The number of ether oxygens (including phenoxy) is 1. The summed E-state index contributed by atoms with van der Waals surface area (Å²) in [5.74, 6) is -1.86. The molecule has 1 aromatic rings. The molecule has 0 spiro atoms. The Morgan fingerprint density at radius 1 is 1.48 bits per heavy atom. The second kappa shape index (κ2) is 7.05. The molecule has 1 fully saturated rings. The molecule has 8 nitrogen and oxygen atoms in total. The lowest BCUT2D eigenvalue weighted by molar-refractivity contribution is -0.147. The molecule has 1 aromatic heterocycles. The number of hydrogen-bond donors (Lipinski definition) is 3. The summed E-state index contributed by atoms with van der Waals surface area (Å²) in [4.78, 5) is 39.2. The number of carboxylic acid groups (broad SMARTS) is 1. The zero-order valence-electron chi connectivity index (χ0n) is 12.9. The summed E-state index contributed by atoms with van der Waals surface area (Å²) in [5, 5.41) is 16.5. The predicted octanol–water partition coefficient (Wildman–Crippen LogP) is 0.640. The van der Waals surface area contributed by atoms with Gasteiger partial charge in [0.2, 0.25) is 11.8 Å². The summed E-state index contributed by atoms with van der Waals surface area (Å²) in [7, 11) is 0. The Balaban J connectivity index is 1.94. The Bertz CT molecular complexity index is 607. The van der Waals surface area contributed by atoms with Crippen LogP contribution >= 0.6 is 11.3 Å². The number of carboxylic acids is 1. The van der Waals surface area contributed by atoms with Crippen molar-refractivity contribution in [2.75, 3.05) is 18.5 Å². The third kappa shape index (κ3) is 4.26. The summed E-state index contributed by atoms with van der Waals surface area (Å²) in [5.41, 5.74) is -0.882. The molecule has 2 heterocycles. The number of anilines is 1. The zero-order chi connectivity index (χ0) is 17.0. The van der Waals surface area contributed by atoms with Crippen LogP contribution < -0.4 is 10.6 Å². The third-order valence-electron chi connectivity index (χ3n) is 3.46. The molecule has 3 N–H and O–H groups in total. The average molecular weight is 341 g/mol. The molecular formula is C14H19N3O5S. The Kier molecular flexibility index (Phi) is 5.32. The molecule has 1 unspecified atom stereocenters. The first-order chi connectivity index (χ1) is 10.8. The van der Waals surface area contributed by atoms with E-state index in [4.69, 9.17) is 4.74 Å². The number of nitrogens with one attached hydrogen (secondary N) is 2. The maximum atomic E-state index is 12.1. The van der Waals surface area contributed by atoms with Gasteiger partial charge in [0.05, 0.1) is 18.7 Å². The van der Waals surface area contributed by atoms with Crippen molar-refractivity contribution < 1.29 is 24.2 Å². The fraction of sp³-hybridized carbons (Fsp3) is 0.571. The molecule has 2 amide bonds. The Morgan fingerprint density at radius 3 is 2.78 bits per heavy atom. The Morgan fingerprint density at radius 2 is 2.22 bits per heavy atom. The van der Waals surface area contributed by atoms with E-state index in [0.29, 0.717) is 17.4 Å². The first-order valence-electron chi connectivity index (χ1n) is 7.20. The van der Waals surface area contributed by atoms with E-state index in [1.54, 1.807) is 19.2 Å². The molecule has 1 atom stereocenters. The lowest BCUT2D eigenvalue weighted by Gasteiger charge is -2.23. The molecule has 9 heteroatoms. The van der Waals surface area contributed by atoms with Crippen LogP contribution in [-0.4, -0.2) is 46.6 Å². The second-order valence-electron chi connectivity index (χ2n) is 5.70. The largest absolute Gasteiger partial charge is 0.479 e. The van der Waals surface area contributed by atoms with Gasteiger partial charge in [0.1, 0.15) is 0 Å². The van der Waals surface area contributed by atoms with Crippen molar-refractivity contribution in [3.63, 3.8) is 0 Å². The van der Waals surface area contributed by atoms with Crippen LogP contribution in [0.1, 0.15) is 26.0 Å². The molecule has 1 aliphatic heterocycles. The first-order valence-corrected chi connectivity index (χ1v) is 8.08. The number of thiazole rings is 1. The number of amides is 2. The van der Waals surface area contributed by atoms with E-state index >= 15 is 0 Å². The molecular weight excluding hydrogens is 322 g/mol. The first kappa shape index (κ1) is 17.4. The van der Waals surface area contributed by atoms with E-state index in [1.807, 2.05) is 0 Å². The van der Waals surface area contributed by atoms with E-state index in [1.165, 1.54) is 11.3 Å². The fourth-order valence-corrected chi connectivity index (χ4v) is 2.77. The molecule has 0 bridgehead atoms. The molecule has 0 aliphatic carbocycles. The van der Waals surface area contributed by atoms with Gasteiger partial charge in [0.15, 0.2) is 10.7 Å². The van der Waals surface area contributed by atoms with Gasteiger partial charge in [-0.15, -0.1) is 11.3 Å². The number of rotatable bonds is 6. The predicted molar refractivity (Wildman–Crippen MR) is 83.2 cm³/mol. The number of aliphatic carboxylic acids is 1. The Hall–Kier alpha value is -2.00. The van der Waals surface area contributed by atoms with Crippen molar-refractivity contribution in [1.29, 1.82) is 0 Å². The molecule has 0 radical (unpaired) electrons. The number of carbonyl (C=O) groups excluding carboxylic acids is 2. The van der Waals surface area contributed by atoms with Gasteiger partial charge in [0, 0.05) is 24.3 Å². The van der Waals surface area contributed by atoms with Crippen molar-refractivity contribution in [1.82, 2.24) is 10.3 Å². The van der Waals surface area contributed by atoms with Crippen LogP contribution in [0.25, 0.3) is 0 Å². The van der Waals surface area contributed by atoms with E-state index in [2.05, 4.69) is 15.6 Å². The Labute approximate surface area is 137 Å². The van der Waals surface area contributed by atoms with E-state index < -0.39 is 17.4 Å². The monoisotopic (exact) mass is 341 g/mol. The molecule has 0 aromatic carbocycles. The van der Waals surface area contributed by atoms with Crippen LogP contribution in [0.2, 0.25) is 0 Å². The number of nitrogens with zero attached hydrogens (tertiary/aromatic N) is 1. The topological polar surface area (TPSA) is 118 Å². The van der Waals surface area contributed by atoms with Crippen molar-refractivity contribution in [2.45, 2.75) is 32.2 Å². The highest BCUT2D eigenvalue weighted by Crippen LogP contribution is 2.20. The van der Waals surface area contributed by atoms with Crippen LogP contribution in [0.4, 0.5) is 5.13 Å². The van der Waals surface area contributed by atoms with Crippen molar-refractivity contribution in [2.24, 2.45) is 5.92 Å². The highest BCUT2D eigenvalue weighted by molar-refractivity contribution is 7.13. The van der Waals surface area contributed by atoms with Gasteiger partial charge in [0.25, 0.3) is 0 Å². The average Bonchev–Trinajstić information content (AvgIpc) is 3.09. The maximum Gasteiger partial charge on any atom is 0.331 e. The van der Waals surface area contributed by atoms with E-state index in [-0.39, 0.29) is 31.3 Å². The molecule has 0 saturated carbocycles. The number of hydrogen-bond acceptors (Lipinski definition) is 6. The lowest BCUT2D eigenvalue weighted by Crippen LogP contribution is -2.55. The van der Waals surface area contributed by atoms with Crippen molar-refractivity contribution in [3.8, 4) is 0 Å². The summed E-state index contributed by atoms with van der Waals surface area (Å²) >= 11 is 1.22. The van der Waals surface area contributed by atoms with E-state index in [9.17, 15) is 19.5 Å². The molecule has 2 rings (SSSR count). The second-order valence-corrected chi connectivity index (χ2v) is 6.56. The minimum Gasteiger partial charge on any atom is -0.479 e. The molecule has 1 saturated heterocycles. The minimum atomic E-state index is -1.36. The summed E-state index contributed by atoms with van der Waals surface area (Å²) < 4.78 is 5.09.